The van der Waals surface area contributed by atoms with E-state index in [1.165, 1.54) is 0 Å². The van der Waals surface area contributed by atoms with Gasteiger partial charge < -0.3 is 9.64 Å². The van der Waals surface area contributed by atoms with E-state index in [1.807, 2.05) is 0 Å². The average Bonchev–Trinajstić information content (AvgIpc) is 2.93. The number of rotatable bonds is 4. The quantitative estimate of drug-likeness (QED) is 0.573. The van der Waals surface area contributed by atoms with Crippen LogP contribution in [0.25, 0.3) is 0 Å². The molecule has 0 amide bonds. The van der Waals surface area contributed by atoms with Crippen LogP contribution in [0.4, 0.5) is 32.2 Å². The Morgan fingerprint density at radius 1 is 0.969 bits per heavy atom. The van der Waals surface area contributed by atoms with Gasteiger partial charge in [0, 0.05) is 32.4 Å². The largest absolute Gasteiger partial charge is 0.573 e. The minimum atomic E-state index is -4.90. The number of benzene rings is 1. The molecule has 14 heteroatoms. The fourth-order valence-corrected chi connectivity index (χ4v) is 4.88. The highest BCUT2D eigenvalue weighted by atomic mass is 35.5. The molecule has 3 rings (SSSR count). The van der Waals surface area contributed by atoms with Gasteiger partial charge in [0.25, 0.3) is 0 Å². The molecule has 0 unspecified atom stereocenters. The first-order chi connectivity index (χ1) is 14.8. The average molecular weight is 504 g/mol. The van der Waals surface area contributed by atoms with Crippen LogP contribution >= 0.6 is 11.6 Å². The van der Waals surface area contributed by atoms with Gasteiger partial charge in [0.1, 0.15) is 11.6 Å². The molecular formula is C18H16ClF6N3O3S. The minimum Gasteiger partial charge on any atom is -0.406 e. The summed E-state index contributed by atoms with van der Waals surface area (Å²) >= 11 is 5.98. The van der Waals surface area contributed by atoms with Crippen LogP contribution < -0.4 is 9.64 Å². The molecule has 1 fully saturated rings. The smallest absolute Gasteiger partial charge is 0.406 e. The molecule has 0 radical (unpaired) electrons. The molecule has 6 nitrogen and oxygen atoms in total. The highest BCUT2D eigenvalue weighted by Crippen LogP contribution is 2.34. The van der Waals surface area contributed by atoms with Gasteiger partial charge in [0.15, 0.2) is 0 Å². The number of nitrogens with zero attached hydrogens (tertiary/aromatic N) is 3. The number of pyridine rings is 1. The lowest BCUT2D eigenvalue weighted by Crippen LogP contribution is -2.35. The van der Waals surface area contributed by atoms with Crippen molar-refractivity contribution in [3.05, 3.63) is 47.1 Å². The molecule has 0 spiro atoms. The monoisotopic (exact) mass is 503 g/mol. The van der Waals surface area contributed by atoms with Crippen LogP contribution in [0.5, 0.6) is 5.75 Å². The fraction of sp³-hybridized carbons (Fsp3) is 0.389. The molecule has 2 aromatic rings. The van der Waals surface area contributed by atoms with Gasteiger partial charge in [-0.3, -0.25) is 0 Å². The second-order valence-electron chi connectivity index (χ2n) is 6.79. The molecule has 1 aromatic heterocycles. The molecular weight excluding hydrogens is 488 g/mol. The van der Waals surface area contributed by atoms with E-state index in [-0.39, 0.29) is 35.4 Å². The number of aromatic nitrogens is 1. The van der Waals surface area contributed by atoms with Gasteiger partial charge in [-0.05, 0) is 36.8 Å². The van der Waals surface area contributed by atoms with Crippen LogP contribution in [0.1, 0.15) is 12.0 Å². The molecule has 0 N–H and O–H groups in total. The lowest BCUT2D eigenvalue weighted by atomic mass is 10.2. The second-order valence-corrected chi connectivity index (χ2v) is 9.14. The van der Waals surface area contributed by atoms with E-state index in [0.29, 0.717) is 19.2 Å². The van der Waals surface area contributed by atoms with E-state index >= 15 is 0 Å². The Balaban J connectivity index is 1.73. The number of ether oxygens (including phenoxy) is 1. The van der Waals surface area contributed by atoms with E-state index in [0.717, 1.165) is 34.6 Å². The number of sulfonamides is 1. The lowest BCUT2D eigenvalue weighted by Gasteiger charge is -2.24. The van der Waals surface area contributed by atoms with Crippen LogP contribution in [0.15, 0.2) is 41.4 Å². The Morgan fingerprint density at radius 3 is 2.19 bits per heavy atom. The Morgan fingerprint density at radius 2 is 1.62 bits per heavy atom. The van der Waals surface area contributed by atoms with Crippen LogP contribution in [0.3, 0.4) is 0 Å². The predicted octanol–water partition coefficient (Wildman–Crippen LogP) is 4.55. The summed E-state index contributed by atoms with van der Waals surface area (Å²) < 4.78 is 106. The third-order valence-electron chi connectivity index (χ3n) is 4.60. The molecule has 176 valence electrons. The zero-order valence-corrected chi connectivity index (χ0v) is 17.7. The van der Waals surface area contributed by atoms with Crippen molar-refractivity contribution in [2.75, 3.05) is 31.1 Å². The van der Waals surface area contributed by atoms with Crippen LogP contribution in [0, 0.1) is 0 Å². The van der Waals surface area contributed by atoms with E-state index in [4.69, 9.17) is 11.6 Å². The summed E-state index contributed by atoms with van der Waals surface area (Å²) in [5, 5.41) is -0.212. The van der Waals surface area contributed by atoms with Crippen LogP contribution in [-0.4, -0.2) is 50.2 Å². The van der Waals surface area contributed by atoms with Crippen molar-refractivity contribution in [1.82, 2.24) is 9.29 Å². The molecule has 0 aliphatic carbocycles. The zero-order chi connectivity index (χ0) is 23.7. The Kier molecular flexibility index (Phi) is 6.82. The molecule has 1 saturated heterocycles. The molecule has 1 aliphatic rings. The topological polar surface area (TPSA) is 62.7 Å². The first-order valence-electron chi connectivity index (χ1n) is 9.11. The second kappa shape index (κ2) is 8.94. The Bertz CT molecular complexity index is 1060. The fourth-order valence-electron chi connectivity index (χ4n) is 3.13. The third kappa shape index (κ3) is 5.75. The summed E-state index contributed by atoms with van der Waals surface area (Å²) in [6, 6.07) is 4.57. The lowest BCUT2D eigenvalue weighted by molar-refractivity contribution is -0.274. The molecule has 1 aliphatic heterocycles. The van der Waals surface area contributed by atoms with Crippen molar-refractivity contribution in [3.63, 3.8) is 0 Å². The van der Waals surface area contributed by atoms with Gasteiger partial charge >= 0.3 is 12.5 Å². The van der Waals surface area contributed by atoms with Crippen molar-refractivity contribution in [1.29, 1.82) is 0 Å². The van der Waals surface area contributed by atoms with E-state index < -0.39 is 33.9 Å². The molecule has 1 aromatic carbocycles. The summed E-state index contributed by atoms with van der Waals surface area (Å²) in [5.41, 5.74) is -0.997. The highest BCUT2D eigenvalue weighted by molar-refractivity contribution is 7.89. The number of hydrogen-bond donors (Lipinski definition) is 0. The summed E-state index contributed by atoms with van der Waals surface area (Å²) in [4.78, 5) is 5.16. The summed E-state index contributed by atoms with van der Waals surface area (Å²) in [7, 11) is -4.02. The Labute approximate surface area is 184 Å². The highest BCUT2D eigenvalue weighted by Gasteiger charge is 2.33. The SMILES string of the molecule is O=S(=O)(c1ccc(OC(F)(F)F)cc1)N1CCCN(c2ncc(C(F)(F)F)cc2Cl)CC1. The molecule has 2 heterocycles. The van der Waals surface area contributed by atoms with Crippen LogP contribution in [0.2, 0.25) is 5.02 Å². The number of hydrogen-bond acceptors (Lipinski definition) is 5. The van der Waals surface area contributed by atoms with E-state index in [9.17, 15) is 34.8 Å². The molecule has 0 saturated carbocycles. The normalized spacial score (nSPS) is 16.7. The first kappa shape index (κ1) is 24.4. The van der Waals surface area contributed by atoms with Crippen molar-refractivity contribution < 1.29 is 39.5 Å². The van der Waals surface area contributed by atoms with Crippen molar-refractivity contribution >= 4 is 27.4 Å². The third-order valence-corrected chi connectivity index (χ3v) is 6.79. The van der Waals surface area contributed by atoms with Gasteiger partial charge in [-0.1, -0.05) is 11.6 Å². The van der Waals surface area contributed by atoms with Crippen LogP contribution in [-0.2, 0) is 16.2 Å². The maximum absolute atomic E-state index is 12.9. The first-order valence-corrected chi connectivity index (χ1v) is 10.9. The molecule has 32 heavy (non-hydrogen) atoms. The van der Waals surface area contributed by atoms with Gasteiger partial charge in [0.2, 0.25) is 10.0 Å². The van der Waals surface area contributed by atoms with Gasteiger partial charge in [-0.15, -0.1) is 13.2 Å². The summed E-state index contributed by atoms with van der Waals surface area (Å²) in [5.74, 6) is -0.450. The van der Waals surface area contributed by atoms with Gasteiger partial charge in [-0.25, -0.2) is 13.4 Å². The number of halogens is 7. The predicted molar refractivity (Wildman–Crippen MR) is 103 cm³/mol. The maximum Gasteiger partial charge on any atom is 0.573 e. The van der Waals surface area contributed by atoms with Crippen molar-refractivity contribution in [2.24, 2.45) is 0 Å². The van der Waals surface area contributed by atoms with Gasteiger partial charge in [0.05, 0.1) is 15.5 Å². The molecule has 0 bridgehead atoms. The van der Waals surface area contributed by atoms with E-state index in [2.05, 4.69) is 9.72 Å². The maximum atomic E-state index is 12.9. The van der Waals surface area contributed by atoms with Crippen molar-refractivity contribution in [3.8, 4) is 5.75 Å². The molecule has 0 atom stereocenters. The Hall–Kier alpha value is -2.25. The summed E-state index contributed by atoms with van der Waals surface area (Å²) in [6.45, 7) is 0.467. The standard InChI is InChI=1S/C18H16ClF6N3O3S/c19-15-10-12(17(20,21)22)11-26-16(15)27-6-1-7-28(9-8-27)32(29,30)14-4-2-13(3-5-14)31-18(23,24)25/h2-5,10-11H,1,6-9H2. The summed E-state index contributed by atoms with van der Waals surface area (Å²) in [6.07, 6.45) is -8.51. The zero-order valence-electron chi connectivity index (χ0n) is 16.1. The van der Waals surface area contributed by atoms with Gasteiger partial charge in [-0.2, -0.15) is 17.5 Å². The number of anilines is 1. The van der Waals surface area contributed by atoms with E-state index in [1.54, 1.807) is 4.90 Å². The number of alkyl halides is 6. The minimum absolute atomic E-state index is 0.0256. The van der Waals surface area contributed by atoms with Crippen molar-refractivity contribution in [2.45, 2.75) is 23.9 Å².